The van der Waals surface area contributed by atoms with Gasteiger partial charge in [0.1, 0.15) is 27.4 Å². The highest BCUT2D eigenvalue weighted by Gasteiger charge is 1.98. The largest absolute Gasteiger partial charge is 0.422 e. The van der Waals surface area contributed by atoms with Crippen LogP contribution in [0.5, 0.6) is 0 Å². The van der Waals surface area contributed by atoms with Crippen molar-refractivity contribution < 1.29 is 19.6 Å². The van der Waals surface area contributed by atoms with Gasteiger partial charge in [-0.3, -0.25) is 4.79 Å². The Morgan fingerprint density at radius 2 is 1.35 bits per heavy atom. The van der Waals surface area contributed by atoms with Gasteiger partial charge in [0.25, 0.3) is 0 Å². The number of hydrogen-bond donors (Lipinski definition) is 1. The fraction of sp³-hybridized carbons (Fsp3) is 0.643. The highest BCUT2D eigenvalue weighted by molar-refractivity contribution is 5.91. The van der Waals surface area contributed by atoms with E-state index in [0.717, 1.165) is 10.0 Å². The predicted molar refractivity (Wildman–Crippen MR) is 84.7 cm³/mol. The molecule has 0 amide bonds. The highest BCUT2D eigenvalue weighted by Crippen LogP contribution is 1.94. The van der Waals surface area contributed by atoms with E-state index in [2.05, 4.69) is 11.4 Å². The fourth-order valence-corrected chi connectivity index (χ4v) is 0.166. The van der Waals surface area contributed by atoms with Gasteiger partial charge in [0, 0.05) is 18.8 Å². The van der Waals surface area contributed by atoms with Crippen LogP contribution in [0.1, 0.15) is 54.4 Å². The van der Waals surface area contributed by atoms with E-state index in [4.69, 9.17) is 5.21 Å². The Labute approximate surface area is 125 Å². The van der Waals surface area contributed by atoms with Crippen LogP contribution < -0.4 is 0 Å². The molecule has 1 atom stereocenters. The topological polar surface area (TPSA) is 83.8 Å². The molecule has 20 heavy (non-hydrogen) atoms. The maximum absolute atomic E-state index is 10.3. The third-order valence-electron chi connectivity index (χ3n) is 1.99. The molecule has 1 N–H and O–H groups in total. The molecule has 0 spiro atoms. The molecule has 118 valence electrons. The molecule has 1 unspecified atom stereocenters. The van der Waals surface area contributed by atoms with Gasteiger partial charge in [0.2, 0.25) is 0 Å². The second-order valence-corrected chi connectivity index (χ2v) is 4.17. The molecule has 0 aliphatic carbocycles. The first-order valence-corrected chi connectivity index (χ1v) is 6.99. The van der Waals surface area contributed by atoms with Gasteiger partial charge in [-0.15, -0.1) is 6.58 Å². The summed E-state index contributed by atoms with van der Waals surface area (Å²) in [4.78, 5) is 32.5. The first-order valence-electron chi connectivity index (χ1n) is 6.36. The van der Waals surface area contributed by atoms with Gasteiger partial charge in [-0.25, -0.2) is 0 Å². The summed E-state index contributed by atoms with van der Waals surface area (Å²) in [6.07, 6.45) is 2.97. The lowest BCUT2D eigenvalue weighted by Gasteiger charge is -1.93. The summed E-state index contributed by atoms with van der Waals surface area (Å²) in [6, 6.07) is 0. The summed E-state index contributed by atoms with van der Waals surface area (Å²) in [6.45, 7) is 13.7. The maximum Gasteiger partial charge on any atom is 0.148 e. The Hall–Kier alpha value is -1.43. The molecule has 0 bridgehead atoms. The normalized spacial score (nSPS) is 8.90. The molecule has 0 aliphatic rings. The smallest absolute Gasteiger partial charge is 0.148 e. The maximum atomic E-state index is 10.3. The molecule has 0 aliphatic heterocycles. The molecule has 0 saturated carbocycles. The van der Waals surface area contributed by atoms with Crippen molar-refractivity contribution in [1.29, 1.82) is 0 Å². The third-order valence-corrected chi connectivity index (χ3v) is 1.99. The molecule has 0 rings (SSSR count). The van der Waals surface area contributed by atoms with Gasteiger partial charge in [-0.1, -0.05) is 26.8 Å². The van der Waals surface area contributed by atoms with Gasteiger partial charge < -0.3 is 14.8 Å². The minimum atomic E-state index is 0.0278. The molecule has 0 heterocycles. The van der Waals surface area contributed by atoms with E-state index in [0.29, 0.717) is 12.8 Å². The highest BCUT2D eigenvalue weighted by atomic mass is 28.1. The van der Waals surface area contributed by atoms with E-state index in [1.165, 1.54) is 0 Å². The Bertz CT molecular complexity index is 277. The Kier molecular flexibility index (Phi) is 30.7. The molecule has 6 heteroatoms. The van der Waals surface area contributed by atoms with Crippen LogP contribution in [0.15, 0.2) is 17.5 Å². The molecule has 5 nitrogen and oxygen atoms in total. The van der Waals surface area contributed by atoms with Crippen LogP contribution in [0.25, 0.3) is 0 Å². The number of hydrogen-bond acceptors (Lipinski definition) is 5. The summed E-state index contributed by atoms with van der Waals surface area (Å²) in [5.41, 5.74) is 0. The van der Waals surface area contributed by atoms with Crippen molar-refractivity contribution in [2.45, 2.75) is 54.4 Å². The number of ketones is 3. The third kappa shape index (κ3) is 54.7. The predicted octanol–water partition coefficient (Wildman–Crippen LogP) is 2.56. The van der Waals surface area contributed by atoms with Crippen molar-refractivity contribution in [3.05, 3.63) is 12.7 Å². The van der Waals surface area contributed by atoms with E-state index in [-0.39, 0.29) is 23.3 Å². The fourth-order valence-electron chi connectivity index (χ4n) is 0.166. The van der Waals surface area contributed by atoms with Crippen molar-refractivity contribution >= 4 is 27.4 Å². The van der Waals surface area contributed by atoms with Crippen molar-refractivity contribution in [2.24, 2.45) is 10.7 Å². The molecular formula is C14H29NO4Si. The molecule has 0 aromatic heterocycles. The lowest BCUT2D eigenvalue weighted by atomic mass is 10.1. The van der Waals surface area contributed by atoms with Crippen LogP contribution in [-0.2, 0) is 14.4 Å². The van der Waals surface area contributed by atoms with Crippen molar-refractivity contribution in [1.82, 2.24) is 0 Å². The number of nitrogens with zero attached hydrogens (tertiary/aromatic N) is 1. The van der Waals surface area contributed by atoms with E-state index < -0.39 is 0 Å². The van der Waals surface area contributed by atoms with Gasteiger partial charge in [0.05, 0.1) is 0 Å². The van der Waals surface area contributed by atoms with Crippen LogP contribution in [0.2, 0.25) is 0 Å². The van der Waals surface area contributed by atoms with E-state index in [1.807, 2.05) is 20.8 Å². The van der Waals surface area contributed by atoms with Gasteiger partial charge >= 0.3 is 0 Å². The van der Waals surface area contributed by atoms with Crippen LogP contribution in [0.4, 0.5) is 0 Å². The number of Topliss-reactive ketones (excluding diaryl/α,β-unsaturated/α-hetero) is 3. The van der Waals surface area contributed by atoms with Gasteiger partial charge in [-0.05, 0) is 20.8 Å². The zero-order valence-corrected chi connectivity index (χ0v) is 15.0. The van der Waals surface area contributed by atoms with E-state index in [9.17, 15) is 14.4 Å². The summed E-state index contributed by atoms with van der Waals surface area (Å²) >= 11 is 0. The first-order chi connectivity index (χ1) is 9.14. The van der Waals surface area contributed by atoms with E-state index in [1.54, 1.807) is 26.8 Å². The van der Waals surface area contributed by atoms with Crippen LogP contribution in [0, 0.1) is 5.92 Å². The number of carbonyl (C=O) groups is 3. The average Bonchev–Trinajstić information content (AvgIpc) is 2.39. The summed E-state index contributed by atoms with van der Waals surface area (Å²) in [5.74, 6) is 0.713. The second kappa shape index (κ2) is 22.7. The lowest BCUT2D eigenvalue weighted by Crippen LogP contribution is -2.00. The molecule has 0 aromatic carbocycles. The van der Waals surface area contributed by atoms with Gasteiger partial charge in [0.15, 0.2) is 0 Å². The summed E-state index contributed by atoms with van der Waals surface area (Å²) in [5, 5.41) is 7.21. The minimum absolute atomic E-state index is 0.0278. The zero-order chi connectivity index (χ0) is 17.1. The Morgan fingerprint density at radius 1 is 1.15 bits per heavy atom. The molecular weight excluding hydrogens is 274 g/mol. The standard InChI is InChI=1S/C6H10O.2C4H8O.H3NOSi/c1-4-5(2)6(3)7;2*1-3-4(2)5;2-1-3/h4-5H,1H2,2-3H3;2*3H2,1-2H3;2H,3H2. The SMILES string of the molecule is C=CC(C)C(C)=O.CCC(C)=O.CCC(C)=O.ON=[SiH2]. The van der Waals surface area contributed by atoms with Crippen LogP contribution in [-0.4, -0.2) is 32.6 Å². The summed E-state index contributed by atoms with van der Waals surface area (Å²) < 4.78 is 0. The van der Waals surface area contributed by atoms with Crippen LogP contribution in [0.3, 0.4) is 0 Å². The first kappa shape index (κ1) is 27.0. The monoisotopic (exact) mass is 303 g/mol. The zero-order valence-electron chi connectivity index (χ0n) is 13.6. The number of allylic oxidation sites excluding steroid dienone is 1. The lowest BCUT2D eigenvalue weighted by molar-refractivity contribution is -0.119. The molecule has 0 fully saturated rings. The molecule has 0 aromatic rings. The van der Waals surface area contributed by atoms with Crippen molar-refractivity contribution in [3.8, 4) is 0 Å². The Morgan fingerprint density at radius 3 is 1.35 bits per heavy atom. The quantitative estimate of drug-likeness (QED) is 0.491. The van der Waals surface area contributed by atoms with E-state index >= 15 is 0 Å². The molecule has 0 radical (unpaired) electrons. The average molecular weight is 303 g/mol. The Balaban J connectivity index is -0.0000000890. The van der Waals surface area contributed by atoms with Crippen molar-refractivity contribution in [2.75, 3.05) is 0 Å². The second-order valence-electron chi connectivity index (χ2n) is 3.89. The van der Waals surface area contributed by atoms with Crippen LogP contribution >= 0.6 is 0 Å². The minimum Gasteiger partial charge on any atom is -0.422 e. The summed E-state index contributed by atoms with van der Waals surface area (Å²) in [7, 11) is 1.15. The molecule has 0 saturated heterocycles. The number of rotatable bonds is 4. The van der Waals surface area contributed by atoms with Gasteiger partial charge in [-0.2, -0.15) is 4.80 Å². The number of carbonyl (C=O) groups excluding carboxylic acids is 3. The van der Waals surface area contributed by atoms with Crippen molar-refractivity contribution in [3.63, 3.8) is 0 Å².